The standard InChI is InChI=1S/C25H30FNO6/c1-2-31-23(24(28)29)16-18-10-12-20(13-11-18)32-15-14-27(17-19-6-5-7-19)25(30)33-22-9-4-3-8-21(22)26/h3-4,8-13,19,23H,2,5-7,14-17H2,1H3,(H,28,29). The SMILES string of the molecule is CCOC(Cc1ccc(OCCN(CC2CCC2)C(=O)Oc2ccccc2F)cc1)C(=O)O. The number of para-hydroxylation sites is 1. The smallest absolute Gasteiger partial charge is 0.415 e. The van der Waals surface area contributed by atoms with Gasteiger partial charge in [-0.05, 0) is 55.5 Å². The lowest BCUT2D eigenvalue weighted by molar-refractivity contribution is -0.149. The van der Waals surface area contributed by atoms with Crippen molar-refractivity contribution in [1.82, 2.24) is 4.90 Å². The van der Waals surface area contributed by atoms with Gasteiger partial charge in [-0.3, -0.25) is 0 Å². The molecule has 1 aliphatic carbocycles. The minimum absolute atomic E-state index is 0.0932. The zero-order valence-electron chi connectivity index (χ0n) is 18.7. The molecule has 0 spiro atoms. The van der Waals surface area contributed by atoms with E-state index in [2.05, 4.69) is 0 Å². The summed E-state index contributed by atoms with van der Waals surface area (Å²) in [7, 11) is 0. The first-order valence-electron chi connectivity index (χ1n) is 11.2. The molecule has 2 aromatic rings. The summed E-state index contributed by atoms with van der Waals surface area (Å²) in [6.07, 6.45) is 2.05. The van der Waals surface area contributed by atoms with E-state index in [0.29, 0.717) is 31.4 Å². The molecule has 1 amide bonds. The number of hydrogen-bond acceptors (Lipinski definition) is 5. The molecule has 0 saturated heterocycles. The van der Waals surface area contributed by atoms with Crippen molar-refractivity contribution in [3.8, 4) is 11.5 Å². The van der Waals surface area contributed by atoms with E-state index in [-0.39, 0.29) is 18.8 Å². The van der Waals surface area contributed by atoms with E-state index in [1.54, 1.807) is 42.2 Å². The van der Waals surface area contributed by atoms with Crippen LogP contribution < -0.4 is 9.47 Å². The maximum atomic E-state index is 13.9. The zero-order valence-corrected chi connectivity index (χ0v) is 18.7. The van der Waals surface area contributed by atoms with Crippen LogP contribution in [0.3, 0.4) is 0 Å². The Kier molecular flexibility index (Phi) is 9.06. The number of amides is 1. The van der Waals surface area contributed by atoms with E-state index in [4.69, 9.17) is 14.2 Å². The molecular formula is C25H30FNO6. The van der Waals surface area contributed by atoms with Gasteiger partial charge in [0.1, 0.15) is 12.4 Å². The summed E-state index contributed by atoms with van der Waals surface area (Å²) >= 11 is 0. The molecule has 33 heavy (non-hydrogen) atoms. The Morgan fingerprint density at radius 2 is 1.88 bits per heavy atom. The summed E-state index contributed by atoms with van der Waals surface area (Å²) in [6.45, 7) is 3.18. The second kappa shape index (κ2) is 12.2. The lowest BCUT2D eigenvalue weighted by Gasteiger charge is -2.31. The number of carbonyl (C=O) groups is 2. The molecule has 3 rings (SSSR count). The van der Waals surface area contributed by atoms with Crippen LogP contribution in [0.2, 0.25) is 0 Å². The molecule has 1 aliphatic rings. The third-order valence-corrected chi connectivity index (χ3v) is 5.61. The molecule has 178 valence electrons. The number of hydrogen-bond donors (Lipinski definition) is 1. The highest BCUT2D eigenvalue weighted by Crippen LogP contribution is 2.27. The Balaban J connectivity index is 1.53. The van der Waals surface area contributed by atoms with E-state index in [0.717, 1.165) is 24.8 Å². The molecule has 7 nitrogen and oxygen atoms in total. The Labute approximate surface area is 193 Å². The fourth-order valence-electron chi connectivity index (χ4n) is 3.56. The van der Waals surface area contributed by atoms with E-state index in [1.807, 2.05) is 0 Å². The molecule has 0 bridgehead atoms. The quantitative estimate of drug-likeness (QED) is 0.502. The van der Waals surface area contributed by atoms with Gasteiger partial charge in [0.25, 0.3) is 0 Å². The van der Waals surface area contributed by atoms with Crippen LogP contribution in [0.5, 0.6) is 11.5 Å². The maximum absolute atomic E-state index is 13.9. The monoisotopic (exact) mass is 459 g/mol. The van der Waals surface area contributed by atoms with Gasteiger partial charge >= 0.3 is 12.1 Å². The van der Waals surface area contributed by atoms with E-state index in [1.165, 1.54) is 18.2 Å². The molecule has 1 N–H and O–H groups in total. The number of halogens is 1. The summed E-state index contributed by atoms with van der Waals surface area (Å²) in [5.41, 5.74) is 0.822. The number of carboxylic acid groups (broad SMARTS) is 1. The van der Waals surface area contributed by atoms with Crippen LogP contribution in [-0.2, 0) is 16.0 Å². The Morgan fingerprint density at radius 3 is 2.48 bits per heavy atom. The highest BCUT2D eigenvalue weighted by molar-refractivity contribution is 5.72. The number of carbonyl (C=O) groups excluding carboxylic acids is 1. The van der Waals surface area contributed by atoms with Crippen LogP contribution in [0.25, 0.3) is 0 Å². The first-order chi connectivity index (χ1) is 16.0. The van der Waals surface area contributed by atoms with Crippen LogP contribution in [0.1, 0.15) is 31.7 Å². The normalized spacial score (nSPS) is 14.2. The van der Waals surface area contributed by atoms with Gasteiger partial charge in [-0.2, -0.15) is 0 Å². The van der Waals surface area contributed by atoms with Gasteiger partial charge in [-0.1, -0.05) is 30.7 Å². The van der Waals surface area contributed by atoms with Gasteiger partial charge < -0.3 is 24.2 Å². The molecule has 8 heteroatoms. The largest absolute Gasteiger partial charge is 0.492 e. The number of nitrogens with zero attached hydrogens (tertiary/aromatic N) is 1. The highest BCUT2D eigenvalue weighted by Gasteiger charge is 2.25. The average Bonchev–Trinajstić information content (AvgIpc) is 2.77. The predicted molar refractivity (Wildman–Crippen MR) is 120 cm³/mol. The zero-order chi connectivity index (χ0) is 23.6. The lowest BCUT2D eigenvalue weighted by atomic mass is 9.85. The number of ether oxygens (including phenoxy) is 3. The van der Waals surface area contributed by atoms with Crippen LogP contribution >= 0.6 is 0 Å². The van der Waals surface area contributed by atoms with Crippen LogP contribution in [0.4, 0.5) is 9.18 Å². The van der Waals surface area contributed by atoms with Crippen LogP contribution in [-0.4, -0.2) is 54.5 Å². The van der Waals surface area contributed by atoms with Gasteiger partial charge in [0.15, 0.2) is 17.7 Å². The molecule has 2 aromatic carbocycles. The van der Waals surface area contributed by atoms with Gasteiger partial charge in [0.05, 0.1) is 6.54 Å². The summed E-state index contributed by atoms with van der Waals surface area (Å²) in [6, 6.07) is 12.9. The molecule has 0 heterocycles. The first-order valence-corrected chi connectivity index (χ1v) is 11.2. The second-order valence-electron chi connectivity index (χ2n) is 8.02. The summed E-state index contributed by atoms with van der Waals surface area (Å²) in [5, 5.41) is 9.21. The van der Waals surface area contributed by atoms with E-state index >= 15 is 0 Å². The number of carboxylic acids is 1. The van der Waals surface area contributed by atoms with Crippen molar-refractivity contribution in [3.05, 3.63) is 59.9 Å². The van der Waals surface area contributed by atoms with Crippen molar-refractivity contribution in [2.75, 3.05) is 26.3 Å². The van der Waals surface area contributed by atoms with E-state index in [9.17, 15) is 19.1 Å². The molecule has 0 radical (unpaired) electrons. The van der Waals surface area contributed by atoms with Crippen molar-refractivity contribution in [1.29, 1.82) is 0 Å². The van der Waals surface area contributed by atoms with Gasteiger partial charge in [0, 0.05) is 19.6 Å². The van der Waals surface area contributed by atoms with Gasteiger partial charge in [-0.15, -0.1) is 0 Å². The minimum atomic E-state index is -0.994. The van der Waals surface area contributed by atoms with Crippen LogP contribution in [0.15, 0.2) is 48.5 Å². The average molecular weight is 460 g/mol. The highest BCUT2D eigenvalue weighted by atomic mass is 19.1. The molecule has 0 aromatic heterocycles. The number of benzene rings is 2. The fourth-order valence-corrected chi connectivity index (χ4v) is 3.56. The van der Waals surface area contributed by atoms with Crippen molar-refractivity contribution in [2.24, 2.45) is 5.92 Å². The fraction of sp³-hybridized carbons (Fsp3) is 0.440. The minimum Gasteiger partial charge on any atom is -0.492 e. The molecular weight excluding hydrogens is 429 g/mol. The lowest BCUT2D eigenvalue weighted by Crippen LogP contribution is -2.41. The Morgan fingerprint density at radius 1 is 1.15 bits per heavy atom. The van der Waals surface area contributed by atoms with Crippen molar-refractivity contribution >= 4 is 12.1 Å². The second-order valence-corrected chi connectivity index (χ2v) is 8.02. The van der Waals surface area contributed by atoms with Crippen molar-refractivity contribution in [2.45, 2.75) is 38.7 Å². The topological polar surface area (TPSA) is 85.3 Å². The van der Waals surface area contributed by atoms with Crippen LogP contribution in [0, 0.1) is 11.7 Å². The molecule has 1 unspecified atom stereocenters. The Bertz CT molecular complexity index is 915. The third-order valence-electron chi connectivity index (χ3n) is 5.61. The first kappa shape index (κ1) is 24.5. The number of rotatable bonds is 12. The molecule has 1 atom stereocenters. The summed E-state index contributed by atoms with van der Waals surface area (Å²) in [5.74, 6) is -0.645. The molecule has 0 aliphatic heterocycles. The predicted octanol–water partition coefficient (Wildman–Crippen LogP) is 4.54. The molecule has 1 fully saturated rings. The molecule has 1 saturated carbocycles. The Hall–Kier alpha value is -3.13. The van der Waals surface area contributed by atoms with E-state index < -0.39 is 24.0 Å². The van der Waals surface area contributed by atoms with Gasteiger partial charge in [-0.25, -0.2) is 14.0 Å². The van der Waals surface area contributed by atoms with Crippen molar-refractivity contribution in [3.63, 3.8) is 0 Å². The third kappa shape index (κ3) is 7.46. The summed E-state index contributed by atoms with van der Waals surface area (Å²) < 4.78 is 30.2. The van der Waals surface area contributed by atoms with Crippen molar-refractivity contribution < 1.29 is 33.3 Å². The van der Waals surface area contributed by atoms with Gasteiger partial charge in [0.2, 0.25) is 0 Å². The summed E-state index contributed by atoms with van der Waals surface area (Å²) in [4.78, 5) is 25.5. The number of aliphatic carboxylic acids is 1. The maximum Gasteiger partial charge on any atom is 0.415 e.